The average Bonchev–Trinajstić information content (AvgIpc) is 3.47. The van der Waals surface area contributed by atoms with Crippen LogP contribution in [0.25, 0.3) is 42.4 Å². The topological polar surface area (TPSA) is 36.8 Å². The highest BCUT2D eigenvalue weighted by Gasteiger charge is 2.23. The Hall–Kier alpha value is -5.32. The Labute approximate surface area is 254 Å². The van der Waals surface area contributed by atoms with Gasteiger partial charge in [0.15, 0.2) is 5.84 Å². The van der Waals surface area contributed by atoms with Crippen LogP contribution in [0.3, 0.4) is 0 Å². The molecule has 0 spiro atoms. The highest BCUT2D eigenvalue weighted by atomic mass is 32.1. The zero-order valence-corrected chi connectivity index (χ0v) is 24.1. The first-order valence-electron chi connectivity index (χ1n) is 14.5. The van der Waals surface area contributed by atoms with Gasteiger partial charge >= 0.3 is 0 Å². The van der Waals surface area contributed by atoms with Gasteiger partial charge < -0.3 is 5.32 Å². The summed E-state index contributed by atoms with van der Waals surface area (Å²) >= 11 is 1.83. The van der Waals surface area contributed by atoms with E-state index in [2.05, 4.69) is 145 Å². The van der Waals surface area contributed by atoms with Gasteiger partial charge in [0.1, 0.15) is 12.0 Å². The lowest BCUT2D eigenvalue weighted by Crippen LogP contribution is -2.33. The third-order valence-corrected chi connectivity index (χ3v) is 9.04. The van der Waals surface area contributed by atoms with E-state index in [0.29, 0.717) is 0 Å². The van der Waals surface area contributed by atoms with E-state index in [-0.39, 0.29) is 6.17 Å². The molecular formula is C39H27N3S. The maximum Gasteiger partial charge on any atom is 0.159 e. The van der Waals surface area contributed by atoms with Crippen LogP contribution in [-0.4, -0.2) is 11.7 Å². The Kier molecular flexibility index (Phi) is 6.39. The van der Waals surface area contributed by atoms with Crippen LogP contribution in [0, 0.1) is 0 Å². The number of hydrogen-bond acceptors (Lipinski definition) is 4. The molecule has 0 saturated heterocycles. The molecule has 0 bridgehead atoms. The van der Waals surface area contributed by atoms with Crippen LogP contribution < -0.4 is 5.32 Å². The lowest BCUT2D eigenvalue weighted by molar-refractivity contribution is 0.674. The summed E-state index contributed by atoms with van der Waals surface area (Å²) in [7, 11) is 0. The quantitative estimate of drug-likeness (QED) is 0.220. The summed E-state index contributed by atoms with van der Waals surface area (Å²) in [5.74, 6) is 1.54. The van der Waals surface area contributed by atoms with Gasteiger partial charge in [0, 0.05) is 31.3 Å². The maximum absolute atomic E-state index is 5.19. The van der Waals surface area contributed by atoms with E-state index in [1.807, 2.05) is 23.5 Å². The number of rotatable bonds is 5. The summed E-state index contributed by atoms with van der Waals surface area (Å²) in [6.07, 6.45) is -0.262. The second kappa shape index (κ2) is 10.8. The predicted octanol–water partition coefficient (Wildman–Crippen LogP) is 9.88. The smallest absolute Gasteiger partial charge is 0.159 e. The zero-order valence-electron chi connectivity index (χ0n) is 23.3. The summed E-state index contributed by atoms with van der Waals surface area (Å²) in [6.45, 7) is 0. The van der Waals surface area contributed by atoms with Crippen molar-refractivity contribution in [3.05, 3.63) is 168 Å². The first kappa shape index (κ1) is 25.4. The van der Waals surface area contributed by atoms with Crippen LogP contribution in [0.5, 0.6) is 0 Å². The SMILES string of the molecule is c1ccc(-c2cccc(C3=NC(c4ccccc4)NC(c4cc(-c5ccccc5)c5c(c4)sc4ccccc45)=N3)c2)cc1. The first-order chi connectivity index (χ1) is 21.3. The van der Waals surface area contributed by atoms with Crippen LogP contribution in [0.15, 0.2) is 162 Å². The van der Waals surface area contributed by atoms with Crippen LogP contribution in [0.2, 0.25) is 0 Å². The van der Waals surface area contributed by atoms with Gasteiger partial charge in [-0.2, -0.15) is 0 Å². The maximum atomic E-state index is 5.19. The summed E-state index contributed by atoms with van der Waals surface area (Å²) < 4.78 is 2.53. The minimum absolute atomic E-state index is 0.262. The van der Waals surface area contributed by atoms with Gasteiger partial charge in [0.05, 0.1) is 0 Å². The second-order valence-electron chi connectivity index (χ2n) is 10.7. The molecule has 1 aliphatic rings. The Morgan fingerprint density at radius 1 is 0.512 bits per heavy atom. The number of hydrogen-bond donors (Lipinski definition) is 1. The normalized spacial score (nSPS) is 14.7. The van der Waals surface area contributed by atoms with Crippen molar-refractivity contribution in [2.24, 2.45) is 9.98 Å². The summed E-state index contributed by atoms with van der Waals surface area (Å²) in [6, 6.07) is 53.3. The van der Waals surface area contributed by atoms with E-state index in [9.17, 15) is 0 Å². The minimum Gasteiger partial charge on any atom is -0.344 e. The third-order valence-electron chi connectivity index (χ3n) is 7.92. The van der Waals surface area contributed by atoms with E-state index in [0.717, 1.165) is 33.9 Å². The standard InChI is InChI=1S/C39H27N3S/c1-4-13-26(14-5-1)29-19-12-20-30(23-29)38-40-37(28-17-8-3-9-18-28)41-39(42-38)31-24-33(27-15-6-2-7-16-27)36-32-21-10-11-22-34(32)43-35(36)25-31/h1-25,37H,(H,40,41,42). The van der Waals surface area contributed by atoms with E-state index in [4.69, 9.17) is 9.98 Å². The van der Waals surface area contributed by atoms with Crippen molar-refractivity contribution in [2.45, 2.75) is 6.17 Å². The zero-order chi connectivity index (χ0) is 28.6. The van der Waals surface area contributed by atoms with Crippen LogP contribution in [0.1, 0.15) is 22.9 Å². The van der Waals surface area contributed by atoms with Crippen LogP contribution >= 0.6 is 11.3 Å². The molecule has 0 radical (unpaired) electrons. The molecule has 1 aliphatic heterocycles. The first-order valence-corrected chi connectivity index (χ1v) is 15.3. The monoisotopic (exact) mass is 569 g/mol. The highest BCUT2D eigenvalue weighted by Crippen LogP contribution is 2.41. The number of aliphatic imine (C=N–C) groups is 2. The van der Waals surface area contributed by atoms with Gasteiger partial charge in [-0.1, -0.05) is 127 Å². The summed E-state index contributed by atoms with van der Waals surface area (Å²) in [5, 5.41) is 6.25. The molecule has 1 aromatic heterocycles. The number of benzene rings is 6. The summed E-state index contributed by atoms with van der Waals surface area (Å²) in [4.78, 5) is 10.3. The fraction of sp³-hybridized carbons (Fsp3) is 0.0256. The van der Waals surface area contributed by atoms with Gasteiger partial charge in [-0.15, -0.1) is 11.3 Å². The Morgan fingerprint density at radius 3 is 1.95 bits per heavy atom. The van der Waals surface area contributed by atoms with Crippen molar-refractivity contribution in [1.29, 1.82) is 0 Å². The third kappa shape index (κ3) is 4.82. The average molecular weight is 570 g/mol. The number of amidine groups is 2. The molecule has 1 atom stereocenters. The Balaban J connectivity index is 1.31. The number of thiophene rings is 1. The Morgan fingerprint density at radius 2 is 1.16 bits per heavy atom. The number of nitrogens with zero attached hydrogens (tertiary/aromatic N) is 2. The predicted molar refractivity (Wildman–Crippen MR) is 182 cm³/mol. The summed E-state index contributed by atoms with van der Waals surface area (Å²) in [5.41, 5.74) is 7.85. The molecule has 4 heteroatoms. The van der Waals surface area contributed by atoms with Gasteiger partial charge in [0.25, 0.3) is 0 Å². The molecule has 0 amide bonds. The van der Waals surface area contributed by atoms with Crippen molar-refractivity contribution < 1.29 is 0 Å². The molecule has 1 unspecified atom stereocenters. The lowest BCUT2D eigenvalue weighted by atomic mass is 9.96. The molecule has 6 aromatic carbocycles. The van der Waals surface area contributed by atoms with E-state index in [1.54, 1.807) is 0 Å². The van der Waals surface area contributed by atoms with Crippen LogP contribution in [-0.2, 0) is 0 Å². The van der Waals surface area contributed by atoms with Gasteiger partial charge in [-0.05, 0) is 52.1 Å². The fourth-order valence-corrected chi connectivity index (χ4v) is 7.01. The molecule has 3 nitrogen and oxygen atoms in total. The molecule has 0 fully saturated rings. The molecule has 2 heterocycles. The van der Waals surface area contributed by atoms with Crippen molar-refractivity contribution in [3.8, 4) is 22.3 Å². The highest BCUT2D eigenvalue weighted by molar-refractivity contribution is 7.26. The van der Waals surface area contributed by atoms with Crippen LogP contribution in [0.4, 0.5) is 0 Å². The Bertz CT molecular complexity index is 2150. The molecule has 43 heavy (non-hydrogen) atoms. The van der Waals surface area contributed by atoms with Crippen molar-refractivity contribution in [1.82, 2.24) is 5.32 Å². The molecule has 204 valence electrons. The molecule has 8 rings (SSSR count). The van der Waals surface area contributed by atoms with Gasteiger partial charge in [-0.25, -0.2) is 9.98 Å². The lowest BCUT2D eigenvalue weighted by Gasteiger charge is -2.24. The van der Waals surface area contributed by atoms with E-state index in [1.165, 1.54) is 36.9 Å². The minimum atomic E-state index is -0.262. The number of nitrogens with one attached hydrogen (secondary N) is 1. The number of fused-ring (bicyclic) bond motifs is 3. The van der Waals surface area contributed by atoms with E-state index >= 15 is 0 Å². The van der Waals surface area contributed by atoms with Crippen molar-refractivity contribution in [2.75, 3.05) is 0 Å². The largest absolute Gasteiger partial charge is 0.344 e. The fourth-order valence-electron chi connectivity index (χ4n) is 5.84. The molecule has 0 saturated carbocycles. The molecular weight excluding hydrogens is 543 g/mol. The second-order valence-corrected chi connectivity index (χ2v) is 11.8. The van der Waals surface area contributed by atoms with Crippen molar-refractivity contribution >= 4 is 43.2 Å². The van der Waals surface area contributed by atoms with Gasteiger partial charge in [0.2, 0.25) is 0 Å². The molecule has 0 aliphatic carbocycles. The van der Waals surface area contributed by atoms with Crippen molar-refractivity contribution in [3.63, 3.8) is 0 Å². The molecule has 7 aromatic rings. The molecule has 1 N–H and O–H groups in total. The van der Waals surface area contributed by atoms with E-state index < -0.39 is 0 Å². The van der Waals surface area contributed by atoms with Gasteiger partial charge in [-0.3, -0.25) is 0 Å².